The van der Waals surface area contributed by atoms with E-state index in [1.807, 2.05) is 31.2 Å². The first-order valence-electron chi connectivity index (χ1n) is 7.72. The molecule has 0 bridgehead atoms. The van der Waals surface area contributed by atoms with Crippen molar-refractivity contribution in [3.05, 3.63) is 65.7 Å². The summed E-state index contributed by atoms with van der Waals surface area (Å²) in [6.07, 6.45) is 4.32. The quantitative estimate of drug-likeness (QED) is 0.805. The number of sulfone groups is 1. The Hall–Kier alpha value is -2.60. The fraction of sp³-hybridized carbons (Fsp3) is 0.211. The van der Waals surface area contributed by atoms with Gasteiger partial charge in [-0.05, 0) is 48.4 Å². The van der Waals surface area contributed by atoms with E-state index in [9.17, 15) is 13.2 Å². The number of amides is 1. The number of carbonyl (C=O) groups excluding carboxylic acids is 1. The van der Waals surface area contributed by atoms with Gasteiger partial charge in [-0.25, -0.2) is 8.42 Å². The number of benzene rings is 2. The van der Waals surface area contributed by atoms with Crippen LogP contribution >= 0.6 is 0 Å². The Kier molecular flexibility index (Phi) is 5.98. The summed E-state index contributed by atoms with van der Waals surface area (Å²) in [5.74, 6) is 0.490. The van der Waals surface area contributed by atoms with Crippen molar-refractivity contribution in [2.75, 3.05) is 13.4 Å². The molecule has 2 aromatic carbocycles. The molecule has 0 aliphatic rings. The van der Waals surface area contributed by atoms with Gasteiger partial charge in [0.1, 0.15) is 5.75 Å². The molecule has 0 saturated carbocycles. The second-order valence-corrected chi connectivity index (χ2v) is 7.70. The molecule has 2 aromatic rings. The summed E-state index contributed by atoms with van der Waals surface area (Å²) in [5, 5.41) is 2.85. The van der Waals surface area contributed by atoms with Crippen LogP contribution in [0.3, 0.4) is 0 Å². The number of hydrogen-bond donors (Lipinski definition) is 1. The van der Waals surface area contributed by atoms with Gasteiger partial charge in [0.25, 0.3) is 0 Å². The van der Waals surface area contributed by atoms with Crippen LogP contribution in [0.25, 0.3) is 6.08 Å². The van der Waals surface area contributed by atoms with Crippen LogP contribution < -0.4 is 10.1 Å². The average Bonchev–Trinajstić information content (AvgIpc) is 2.59. The van der Waals surface area contributed by atoms with E-state index in [0.717, 1.165) is 23.1 Å². The van der Waals surface area contributed by atoms with Gasteiger partial charge >= 0.3 is 0 Å². The number of hydrogen-bond acceptors (Lipinski definition) is 4. The molecule has 0 spiro atoms. The van der Waals surface area contributed by atoms with Crippen molar-refractivity contribution in [3.63, 3.8) is 0 Å². The first-order chi connectivity index (χ1) is 11.8. The monoisotopic (exact) mass is 359 g/mol. The van der Waals surface area contributed by atoms with E-state index < -0.39 is 9.84 Å². The standard InChI is InChI=1S/C19H21NO4S/c1-14(16-8-10-18(11-9-16)25(3,22)23)20-19(21)12-7-15-5-4-6-17(13-15)24-2/h4-14H,1-3H3,(H,20,21)/b12-7+. The predicted octanol–water partition coefficient (Wildman–Crippen LogP) is 2.99. The molecule has 2 rings (SSSR count). The van der Waals surface area contributed by atoms with Crippen LogP contribution in [0, 0.1) is 0 Å². The molecule has 1 unspecified atom stereocenters. The van der Waals surface area contributed by atoms with Gasteiger partial charge < -0.3 is 10.1 Å². The molecule has 25 heavy (non-hydrogen) atoms. The largest absolute Gasteiger partial charge is 0.497 e. The second kappa shape index (κ2) is 7.98. The highest BCUT2D eigenvalue weighted by atomic mass is 32.2. The summed E-state index contributed by atoms with van der Waals surface area (Å²) in [6, 6.07) is 13.6. The zero-order valence-corrected chi connectivity index (χ0v) is 15.2. The highest BCUT2D eigenvalue weighted by Gasteiger charge is 2.10. The van der Waals surface area contributed by atoms with Crippen molar-refractivity contribution in [2.45, 2.75) is 17.9 Å². The van der Waals surface area contributed by atoms with E-state index in [0.29, 0.717) is 0 Å². The highest BCUT2D eigenvalue weighted by Crippen LogP contribution is 2.17. The van der Waals surface area contributed by atoms with Crippen molar-refractivity contribution < 1.29 is 17.9 Å². The van der Waals surface area contributed by atoms with Gasteiger partial charge in [0.05, 0.1) is 18.0 Å². The Morgan fingerprint density at radius 2 is 1.84 bits per heavy atom. The number of rotatable bonds is 6. The molecule has 6 heteroatoms. The molecule has 1 amide bonds. The summed E-state index contributed by atoms with van der Waals surface area (Å²) >= 11 is 0. The average molecular weight is 359 g/mol. The number of carbonyl (C=O) groups is 1. The van der Waals surface area contributed by atoms with Crippen LogP contribution in [-0.4, -0.2) is 27.7 Å². The van der Waals surface area contributed by atoms with Crippen LogP contribution in [0.2, 0.25) is 0 Å². The topological polar surface area (TPSA) is 72.5 Å². The van der Waals surface area contributed by atoms with Gasteiger partial charge in [-0.3, -0.25) is 4.79 Å². The van der Waals surface area contributed by atoms with Crippen molar-refractivity contribution >= 4 is 21.8 Å². The maximum absolute atomic E-state index is 12.1. The lowest BCUT2D eigenvalue weighted by molar-refractivity contribution is -0.117. The van der Waals surface area contributed by atoms with Crippen LogP contribution in [0.4, 0.5) is 0 Å². The predicted molar refractivity (Wildman–Crippen MR) is 98.1 cm³/mol. The Labute approximate surface area is 148 Å². The van der Waals surface area contributed by atoms with Crippen LogP contribution in [0.15, 0.2) is 59.5 Å². The van der Waals surface area contributed by atoms with Crippen LogP contribution in [0.5, 0.6) is 5.75 Å². The zero-order valence-electron chi connectivity index (χ0n) is 14.4. The van der Waals surface area contributed by atoms with E-state index in [1.54, 1.807) is 37.5 Å². The smallest absolute Gasteiger partial charge is 0.244 e. The Morgan fingerprint density at radius 1 is 1.16 bits per heavy atom. The molecule has 1 atom stereocenters. The minimum atomic E-state index is -3.22. The maximum atomic E-state index is 12.1. The summed E-state index contributed by atoms with van der Waals surface area (Å²) < 4.78 is 28.1. The van der Waals surface area contributed by atoms with Gasteiger partial charge in [0, 0.05) is 12.3 Å². The summed E-state index contributed by atoms with van der Waals surface area (Å²) in [5.41, 5.74) is 1.69. The fourth-order valence-corrected chi connectivity index (χ4v) is 2.90. The second-order valence-electron chi connectivity index (χ2n) is 5.68. The van der Waals surface area contributed by atoms with Crippen molar-refractivity contribution in [2.24, 2.45) is 0 Å². The molecule has 0 heterocycles. The minimum absolute atomic E-state index is 0.234. The highest BCUT2D eigenvalue weighted by molar-refractivity contribution is 7.90. The lowest BCUT2D eigenvalue weighted by Crippen LogP contribution is -2.24. The third-order valence-corrected chi connectivity index (χ3v) is 4.82. The lowest BCUT2D eigenvalue weighted by atomic mass is 10.1. The van der Waals surface area contributed by atoms with E-state index in [1.165, 1.54) is 6.08 Å². The van der Waals surface area contributed by atoms with Gasteiger partial charge in [0.2, 0.25) is 5.91 Å². The number of nitrogens with one attached hydrogen (secondary N) is 1. The molecule has 0 fully saturated rings. The van der Waals surface area contributed by atoms with E-state index in [4.69, 9.17) is 4.74 Å². The normalized spacial score (nSPS) is 12.8. The number of ether oxygens (including phenoxy) is 1. The molecule has 0 radical (unpaired) electrons. The third kappa shape index (κ3) is 5.46. The molecular formula is C19H21NO4S. The van der Waals surface area contributed by atoms with E-state index in [-0.39, 0.29) is 16.8 Å². The summed E-state index contributed by atoms with van der Waals surface area (Å²) in [4.78, 5) is 12.3. The maximum Gasteiger partial charge on any atom is 0.244 e. The molecule has 5 nitrogen and oxygen atoms in total. The molecule has 1 N–H and O–H groups in total. The Balaban J connectivity index is 2.00. The first kappa shape index (κ1) is 18.7. The lowest BCUT2D eigenvalue weighted by Gasteiger charge is -2.13. The van der Waals surface area contributed by atoms with Crippen LogP contribution in [0.1, 0.15) is 24.1 Å². The van der Waals surface area contributed by atoms with Crippen molar-refractivity contribution in [3.8, 4) is 5.75 Å². The van der Waals surface area contributed by atoms with Gasteiger partial charge in [-0.2, -0.15) is 0 Å². The minimum Gasteiger partial charge on any atom is -0.497 e. The van der Waals surface area contributed by atoms with E-state index >= 15 is 0 Å². The van der Waals surface area contributed by atoms with E-state index in [2.05, 4.69) is 5.32 Å². The molecule has 0 saturated heterocycles. The van der Waals surface area contributed by atoms with Gasteiger partial charge in [-0.15, -0.1) is 0 Å². The summed E-state index contributed by atoms with van der Waals surface area (Å²) in [6.45, 7) is 1.84. The number of methoxy groups -OCH3 is 1. The SMILES string of the molecule is COc1cccc(/C=C/C(=O)NC(C)c2ccc(S(C)(=O)=O)cc2)c1. The van der Waals surface area contributed by atoms with Gasteiger partial charge in [0.15, 0.2) is 9.84 Å². The molecular weight excluding hydrogens is 338 g/mol. The summed E-state index contributed by atoms with van der Waals surface area (Å²) in [7, 11) is -1.63. The molecule has 132 valence electrons. The zero-order chi connectivity index (χ0) is 18.4. The fourth-order valence-electron chi connectivity index (χ4n) is 2.27. The molecule has 0 aromatic heterocycles. The Morgan fingerprint density at radius 3 is 2.44 bits per heavy atom. The van der Waals surface area contributed by atoms with Crippen molar-refractivity contribution in [1.82, 2.24) is 5.32 Å². The Bertz CT molecular complexity index is 871. The van der Waals surface area contributed by atoms with Gasteiger partial charge in [-0.1, -0.05) is 24.3 Å². The first-order valence-corrected chi connectivity index (χ1v) is 9.61. The third-order valence-electron chi connectivity index (χ3n) is 3.69. The molecule has 0 aliphatic heterocycles. The van der Waals surface area contributed by atoms with Crippen molar-refractivity contribution in [1.29, 1.82) is 0 Å². The molecule has 0 aliphatic carbocycles. The van der Waals surface area contributed by atoms with Crippen LogP contribution in [-0.2, 0) is 14.6 Å².